The molecule has 0 radical (unpaired) electrons. The van der Waals surface area contributed by atoms with Gasteiger partial charge in [-0.1, -0.05) is 80.8 Å². The summed E-state index contributed by atoms with van der Waals surface area (Å²) in [7, 11) is 0. The van der Waals surface area contributed by atoms with Crippen LogP contribution in [0.5, 0.6) is 0 Å². The third kappa shape index (κ3) is 6.72. The topological polar surface area (TPSA) is 92.5 Å². The second kappa shape index (κ2) is 12.7. The normalized spacial score (nSPS) is 19.2. The lowest BCUT2D eigenvalue weighted by atomic mass is 9.83. The van der Waals surface area contributed by atoms with E-state index in [0.717, 1.165) is 48.8 Å². The maximum atomic E-state index is 13.7. The maximum absolute atomic E-state index is 13.7. The molecular formula is C34H41N3O3. The molecule has 3 aromatic rings. The van der Waals surface area contributed by atoms with Crippen molar-refractivity contribution in [1.29, 1.82) is 0 Å². The molecule has 1 saturated carbocycles. The summed E-state index contributed by atoms with van der Waals surface area (Å²) in [5.74, 6) is -1.12. The van der Waals surface area contributed by atoms with Crippen molar-refractivity contribution in [2.24, 2.45) is 23.5 Å². The minimum Gasteiger partial charge on any atom is -0.369 e. The highest BCUT2D eigenvalue weighted by Crippen LogP contribution is 2.38. The highest BCUT2D eigenvalue weighted by molar-refractivity contribution is 5.91. The van der Waals surface area contributed by atoms with Gasteiger partial charge in [-0.05, 0) is 77.6 Å². The van der Waals surface area contributed by atoms with E-state index in [-0.39, 0.29) is 11.8 Å². The molecule has 0 unspecified atom stereocenters. The molecule has 1 aliphatic carbocycles. The van der Waals surface area contributed by atoms with Crippen molar-refractivity contribution in [1.82, 2.24) is 10.2 Å². The van der Waals surface area contributed by atoms with E-state index < -0.39 is 23.8 Å². The molecule has 2 fully saturated rings. The van der Waals surface area contributed by atoms with Crippen molar-refractivity contribution in [3.8, 4) is 11.1 Å². The SMILES string of the molecule is CCC[C@H](C(N)=O)[C@@H](CC1CC1)C(=O)N[C@H]1CCCCN(Cc2cccc(-c3ccc4ccccc4c3)c2)C1=O. The first-order valence-electron chi connectivity index (χ1n) is 14.9. The fourth-order valence-corrected chi connectivity index (χ4v) is 6.13. The summed E-state index contributed by atoms with van der Waals surface area (Å²) in [5, 5.41) is 5.48. The van der Waals surface area contributed by atoms with Crippen molar-refractivity contribution in [2.45, 2.75) is 70.9 Å². The summed E-state index contributed by atoms with van der Waals surface area (Å²) in [5.41, 5.74) is 9.06. The van der Waals surface area contributed by atoms with Gasteiger partial charge in [-0.2, -0.15) is 0 Å². The van der Waals surface area contributed by atoms with E-state index in [4.69, 9.17) is 5.73 Å². The molecular weight excluding hydrogens is 498 g/mol. The van der Waals surface area contributed by atoms with Gasteiger partial charge in [0.15, 0.2) is 0 Å². The summed E-state index contributed by atoms with van der Waals surface area (Å²) in [6, 6.07) is 22.6. The van der Waals surface area contributed by atoms with Gasteiger partial charge in [-0.15, -0.1) is 0 Å². The number of carbonyl (C=O) groups is 3. The van der Waals surface area contributed by atoms with Crippen LogP contribution in [0.2, 0.25) is 0 Å². The quantitative estimate of drug-likeness (QED) is 0.321. The first-order chi connectivity index (χ1) is 19.4. The average Bonchev–Trinajstić information content (AvgIpc) is 3.80. The third-order valence-electron chi connectivity index (χ3n) is 8.55. The summed E-state index contributed by atoms with van der Waals surface area (Å²) in [6.45, 7) is 3.16. The largest absolute Gasteiger partial charge is 0.369 e. The molecule has 1 aliphatic heterocycles. The molecule has 0 spiro atoms. The number of fused-ring (bicyclic) bond motifs is 1. The van der Waals surface area contributed by atoms with E-state index in [1.807, 2.05) is 24.0 Å². The molecule has 5 rings (SSSR count). The third-order valence-corrected chi connectivity index (χ3v) is 8.55. The second-order valence-corrected chi connectivity index (χ2v) is 11.7. The lowest BCUT2D eigenvalue weighted by Gasteiger charge is -2.28. The summed E-state index contributed by atoms with van der Waals surface area (Å²) < 4.78 is 0. The van der Waals surface area contributed by atoms with Gasteiger partial charge in [-0.3, -0.25) is 14.4 Å². The van der Waals surface area contributed by atoms with Crippen LogP contribution < -0.4 is 11.1 Å². The van der Waals surface area contributed by atoms with Crippen LogP contribution in [0.1, 0.15) is 63.9 Å². The zero-order valence-corrected chi connectivity index (χ0v) is 23.5. The van der Waals surface area contributed by atoms with E-state index in [0.29, 0.717) is 38.3 Å². The van der Waals surface area contributed by atoms with Crippen LogP contribution in [0.3, 0.4) is 0 Å². The molecule has 2 aliphatic rings. The standard InChI is InChI=1S/C34H41N3O3/c1-2-8-29(32(35)38)30(20-23-14-15-23)33(39)36-31-13-5-6-18-37(34(31)40)22-24-9-7-12-26(19-24)28-17-16-25-10-3-4-11-27(25)21-28/h3-4,7,9-12,16-17,19,21,23,29-31H,2,5-6,8,13-15,18,20,22H2,1H3,(H2,35,38)(H,36,39)/t29-,30+,31-/m0/s1. The Bertz CT molecular complexity index is 1370. The highest BCUT2D eigenvalue weighted by atomic mass is 16.2. The van der Waals surface area contributed by atoms with Crippen molar-refractivity contribution in [3.63, 3.8) is 0 Å². The number of hydrogen-bond acceptors (Lipinski definition) is 3. The Labute approximate surface area is 237 Å². The monoisotopic (exact) mass is 539 g/mol. The van der Waals surface area contributed by atoms with Gasteiger partial charge in [0.1, 0.15) is 6.04 Å². The zero-order chi connectivity index (χ0) is 28.1. The number of benzene rings is 3. The lowest BCUT2D eigenvalue weighted by Crippen LogP contribution is -2.50. The Morgan fingerprint density at radius 2 is 1.70 bits per heavy atom. The number of primary amides is 1. The average molecular weight is 540 g/mol. The summed E-state index contributed by atoms with van der Waals surface area (Å²) >= 11 is 0. The Balaban J connectivity index is 1.29. The Morgan fingerprint density at radius 1 is 0.925 bits per heavy atom. The van der Waals surface area contributed by atoms with Gasteiger partial charge < -0.3 is 16.0 Å². The number of amides is 3. The predicted octanol–water partition coefficient (Wildman–Crippen LogP) is 5.82. The summed E-state index contributed by atoms with van der Waals surface area (Å²) in [4.78, 5) is 41.4. The van der Waals surface area contributed by atoms with Gasteiger partial charge in [0.25, 0.3) is 0 Å². The number of nitrogens with one attached hydrogen (secondary N) is 1. The highest BCUT2D eigenvalue weighted by Gasteiger charge is 2.38. The molecule has 40 heavy (non-hydrogen) atoms. The van der Waals surface area contributed by atoms with Crippen LogP contribution in [-0.2, 0) is 20.9 Å². The van der Waals surface area contributed by atoms with Gasteiger partial charge in [0, 0.05) is 24.9 Å². The van der Waals surface area contributed by atoms with Gasteiger partial charge >= 0.3 is 0 Å². The Hall–Kier alpha value is -3.67. The molecule has 3 amide bonds. The van der Waals surface area contributed by atoms with Crippen LogP contribution in [-0.4, -0.2) is 35.2 Å². The van der Waals surface area contributed by atoms with Crippen LogP contribution in [0.15, 0.2) is 66.7 Å². The number of nitrogens with two attached hydrogens (primary N) is 1. The minimum absolute atomic E-state index is 0.0433. The molecule has 0 aromatic heterocycles. The van der Waals surface area contributed by atoms with Crippen LogP contribution in [0.25, 0.3) is 21.9 Å². The Morgan fingerprint density at radius 3 is 2.45 bits per heavy atom. The molecule has 3 aromatic carbocycles. The van der Waals surface area contributed by atoms with Crippen molar-refractivity contribution in [3.05, 3.63) is 72.3 Å². The number of carbonyl (C=O) groups excluding carboxylic acids is 3. The first-order valence-corrected chi connectivity index (χ1v) is 14.9. The van der Waals surface area contributed by atoms with Crippen LogP contribution in [0.4, 0.5) is 0 Å². The molecule has 6 heteroatoms. The van der Waals surface area contributed by atoms with E-state index in [2.05, 4.69) is 59.9 Å². The number of nitrogens with zero attached hydrogens (tertiary/aromatic N) is 1. The first kappa shape index (κ1) is 27.9. The fraction of sp³-hybridized carbons (Fsp3) is 0.441. The van der Waals surface area contributed by atoms with E-state index in [1.54, 1.807) is 0 Å². The molecule has 1 saturated heterocycles. The van der Waals surface area contributed by atoms with Crippen LogP contribution in [0, 0.1) is 17.8 Å². The molecule has 1 heterocycles. The maximum Gasteiger partial charge on any atom is 0.245 e. The zero-order valence-electron chi connectivity index (χ0n) is 23.5. The molecule has 3 atom stereocenters. The van der Waals surface area contributed by atoms with Crippen LogP contribution >= 0.6 is 0 Å². The number of likely N-dealkylation sites (tertiary alicyclic amines) is 1. The second-order valence-electron chi connectivity index (χ2n) is 11.7. The van der Waals surface area contributed by atoms with Crippen molar-refractivity contribution in [2.75, 3.05) is 6.54 Å². The predicted molar refractivity (Wildman–Crippen MR) is 159 cm³/mol. The smallest absolute Gasteiger partial charge is 0.245 e. The van der Waals surface area contributed by atoms with Crippen molar-refractivity contribution >= 4 is 28.5 Å². The molecule has 210 valence electrons. The molecule has 0 bridgehead atoms. The fourth-order valence-electron chi connectivity index (χ4n) is 6.13. The van der Waals surface area contributed by atoms with Crippen molar-refractivity contribution < 1.29 is 14.4 Å². The van der Waals surface area contributed by atoms with E-state index in [1.165, 1.54) is 10.8 Å². The summed E-state index contributed by atoms with van der Waals surface area (Å²) in [6.07, 6.45) is 6.62. The number of rotatable bonds is 11. The van der Waals surface area contributed by atoms with Gasteiger partial charge in [-0.25, -0.2) is 0 Å². The molecule has 6 nitrogen and oxygen atoms in total. The van der Waals surface area contributed by atoms with Gasteiger partial charge in [0.05, 0.1) is 0 Å². The Kier molecular flexibility index (Phi) is 8.83. The number of hydrogen-bond donors (Lipinski definition) is 2. The van der Waals surface area contributed by atoms with E-state index in [9.17, 15) is 14.4 Å². The van der Waals surface area contributed by atoms with E-state index >= 15 is 0 Å². The molecule has 3 N–H and O–H groups in total. The minimum atomic E-state index is -0.574. The van der Waals surface area contributed by atoms with Gasteiger partial charge in [0.2, 0.25) is 17.7 Å². The lowest BCUT2D eigenvalue weighted by molar-refractivity contribution is -0.139.